The minimum Gasteiger partial charge on any atom is -0.507 e. The molecule has 2 aromatic carbocycles. The third-order valence-electron chi connectivity index (χ3n) is 18.5. The SMILES string of the molecule is CC(C)=CCC/C(C)=C/CNCCNC1C2CC3CC(C2)CC1C3.CO[C@H]1/C=C/O[C@@]2(C)Oc3c(C)c(O)c4c(O)c(c(/C=N\N5CCN(C)CC5)c(O)c4c3C2=O)NC(=O)/C(C)=C\C=C\[C@@H](C)[C@H](O)[C@@H](C)[C@H](O)[C@@H](C)[C@H](OC(C)=O)[C@@H]1C. The molecule has 83 heavy (non-hydrogen) atoms. The number of Topliss-reactive ketones (excluding diaryl/α,β-unsaturated/α-hetero) is 1. The number of carbonyl (C=O) groups excluding carboxylic acids is 3. The number of likely N-dealkylation sites (N-methyl/N-ethyl adjacent to an activating group) is 1. The number of phenols is 3. The van der Waals surface area contributed by atoms with Gasteiger partial charge >= 0.3 is 11.8 Å². The number of hydrazone groups is 1. The summed E-state index contributed by atoms with van der Waals surface area (Å²) in [6, 6.07) is 0.834. The Morgan fingerprint density at radius 3 is 2.14 bits per heavy atom. The molecule has 8 aliphatic rings. The van der Waals surface area contributed by atoms with Crippen LogP contribution in [0.25, 0.3) is 10.8 Å². The number of phenolic OH excluding ortho intramolecular Hbond substituents is 3. The normalized spacial score (nSPS) is 32.8. The smallest absolute Gasteiger partial charge is 0.312 e. The molecule has 0 radical (unpaired) electrons. The maximum atomic E-state index is 14.4. The summed E-state index contributed by atoms with van der Waals surface area (Å²) < 4.78 is 23.6. The van der Waals surface area contributed by atoms with Gasteiger partial charge in [0.2, 0.25) is 0 Å². The summed E-state index contributed by atoms with van der Waals surface area (Å²) in [7, 11) is 3.42. The van der Waals surface area contributed by atoms with Crippen molar-refractivity contribution in [3.8, 4) is 23.0 Å². The number of nitrogens with zero attached hydrogens (tertiary/aromatic N) is 3. The first-order valence-electron chi connectivity index (χ1n) is 30.1. The molecule has 5 fully saturated rings. The van der Waals surface area contributed by atoms with Crippen molar-refractivity contribution in [1.82, 2.24) is 20.5 Å². The minimum absolute atomic E-state index is 0.0559. The maximum absolute atomic E-state index is 14.4. The van der Waals surface area contributed by atoms with Gasteiger partial charge in [-0.3, -0.25) is 19.4 Å². The third-order valence-corrected chi connectivity index (χ3v) is 18.5. The zero-order valence-corrected chi connectivity index (χ0v) is 51.5. The van der Waals surface area contributed by atoms with Gasteiger partial charge < -0.3 is 65.3 Å². The third kappa shape index (κ3) is 15.2. The number of aliphatic hydroxyl groups excluding tert-OH is 2. The molecule has 458 valence electrons. The number of piperazine rings is 1. The molecule has 0 unspecified atom stereocenters. The first-order chi connectivity index (χ1) is 39.3. The van der Waals surface area contributed by atoms with E-state index in [9.17, 15) is 39.9 Å². The number of ketones is 1. The van der Waals surface area contributed by atoms with E-state index in [0.717, 1.165) is 62.4 Å². The van der Waals surface area contributed by atoms with Crippen molar-refractivity contribution in [3.63, 3.8) is 0 Å². The van der Waals surface area contributed by atoms with E-state index in [1.54, 1.807) is 51.3 Å². The van der Waals surface area contributed by atoms with Gasteiger partial charge in [-0.1, -0.05) is 69.2 Å². The molecule has 18 nitrogen and oxygen atoms in total. The highest BCUT2D eigenvalue weighted by Crippen LogP contribution is 2.56. The van der Waals surface area contributed by atoms with Crippen molar-refractivity contribution >= 4 is 40.3 Å². The van der Waals surface area contributed by atoms with Gasteiger partial charge in [-0.05, 0) is 116 Å². The molecule has 1 saturated heterocycles. The summed E-state index contributed by atoms with van der Waals surface area (Å²) >= 11 is 0. The Hall–Kier alpha value is -5.76. The number of allylic oxidation sites excluding steroid dienone is 5. The predicted octanol–water partition coefficient (Wildman–Crippen LogP) is 9.02. The fraction of sp³-hybridized carbons (Fsp3) is 0.631. The number of methoxy groups -OCH3 is 1. The second-order valence-electron chi connectivity index (χ2n) is 25.1. The van der Waals surface area contributed by atoms with Crippen LogP contribution in [0.5, 0.6) is 23.0 Å². The van der Waals surface area contributed by atoms with Crippen LogP contribution in [0.1, 0.15) is 136 Å². The summed E-state index contributed by atoms with van der Waals surface area (Å²) in [5, 5.41) is 74.3. The average Bonchev–Trinajstić information content (AvgIpc) is 1.88. The van der Waals surface area contributed by atoms with Crippen molar-refractivity contribution in [3.05, 3.63) is 76.1 Å². The Bertz CT molecular complexity index is 2800. The van der Waals surface area contributed by atoms with Gasteiger partial charge in [0.25, 0.3) is 11.7 Å². The predicted molar refractivity (Wildman–Crippen MR) is 325 cm³/mol. The zero-order chi connectivity index (χ0) is 60.6. The van der Waals surface area contributed by atoms with Crippen LogP contribution in [0.4, 0.5) is 5.69 Å². The van der Waals surface area contributed by atoms with Gasteiger partial charge in [-0.2, -0.15) is 5.10 Å². The molecule has 0 spiro atoms. The first-order valence-corrected chi connectivity index (χ1v) is 30.1. The van der Waals surface area contributed by atoms with Gasteiger partial charge in [0.1, 0.15) is 23.4 Å². The van der Waals surface area contributed by atoms with Gasteiger partial charge in [0.05, 0.1) is 53.0 Å². The Balaban J connectivity index is 0.000000341. The minimum atomic E-state index is -2.04. The number of anilines is 1. The molecule has 18 heteroatoms. The Kier molecular flexibility index (Phi) is 22.2. The summed E-state index contributed by atoms with van der Waals surface area (Å²) in [4.78, 5) is 42.6. The van der Waals surface area contributed by atoms with E-state index in [1.165, 1.54) is 109 Å². The van der Waals surface area contributed by atoms with Crippen LogP contribution in [-0.4, -0.2) is 156 Å². The molecule has 0 aromatic heterocycles. The number of aliphatic hydroxyl groups is 2. The molecule has 9 bridgehead atoms. The van der Waals surface area contributed by atoms with Crippen molar-refractivity contribution < 1.29 is 58.9 Å². The highest BCUT2D eigenvalue weighted by atomic mass is 16.7. The molecule has 1 amide bonds. The van der Waals surface area contributed by atoms with Gasteiger partial charge in [0.15, 0.2) is 5.75 Å². The number of amides is 1. The van der Waals surface area contributed by atoms with Crippen LogP contribution in [-0.2, 0) is 23.8 Å². The maximum Gasteiger partial charge on any atom is 0.312 e. The monoisotopic (exact) mass is 1150 g/mol. The van der Waals surface area contributed by atoms with Crippen LogP contribution in [0.2, 0.25) is 0 Å². The first kappa shape index (κ1) is 64.8. The quantitative estimate of drug-likeness (QED) is 0.0233. The Morgan fingerprint density at radius 1 is 0.855 bits per heavy atom. The van der Waals surface area contributed by atoms with Gasteiger partial charge in [-0.25, -0.2) is 0 Å². The standard InChI is InChI=1S/C43H58N4O12.C22H38N2/c1-21-12-11-13-22(2)42(55)45-33-28(20-44-47-17-15-46(9)16-18-47)37(52)30-31(38(33)53)36(51)26(6)40-32(30)41(54)43(8,59-40)57-19-14-29(56-10)23(3)39(58-27(7)48)25(5)35(50)24(4)34(21)49;1-16(2)5-4-6-17(3)7-8-23-9-10-24-22-20-12-18-11-19(14-20)15-21(22)13-18/h11-14,19-21,23-25,29,34-35,39,49-53H,15-18H2,1-10H3,(H,45,55);5,7,18-24H,4,6,8-15H2,1-3H3/b12-11+,19-14+,22-13-,44-20-;17-7+/t21-,23-,24-,25-,29+,34+,35+,39-,43+;/m1./s1. The van der Waals surface area contributed by atoms with E-state index in [1.807, 2.05) is 7.05 Å². The van der Waals surface area contributed by atoms with E-state index < -0.39 is 88.8 Å². The van der Waals surface area contributed by atoms with Gasteiger partial charge in [-0.15, -0.1) is 0 Å². The number of aromatic hydroxyl groups is 3. The van der Waals surface area contributed by atoms with Gasteiger partial charge in [0, 0.05) is 113 Å². The second-order valence-corrected chi connectivity index (χ2v) is 25.1. The van der Waals surface area contributed by atoms with Crippen LogP contribution in [0, 0.1) is 54.3 Å². The number of rotatable bonds is 13. The highest BCUT2D eigenvalue weighted by molar-refractivity contribution is 6.23. The van der Waals surface area contributed by atoms with Crippen LogP contribution in [0.3, 0.4) is 0 Å². The molecule has 4 heterocycles. The number of benzene rings is 2. The van der Waals surface area contributed by atoms with Crippen LogP contribution >= 0.6 is 0 Å². The lowest BCUT2D eigenvalue weighted by Gasteiger charge is -2.54. The molecule has 8 N–H and O–H groups in total. The van der Waals surface area contributed by atoms with E-state index in [0.29, 0.717) is 13.1 Å². The lowest BCUT2D eigenvalue weighted by molar-refractivity contribution is -0.160. The molecule has 4 aliphatic carbocycles. The lowest BCUT2D eigenvalue weighted by atomic mass is 9.54. The van der Waals surface area contributed by atoms with Crippen molar-refractivity contribution in [2.75, 3.05) is 65.3 Å². The van der Waals surface area contributed by atoms with E-state index in [-0.39, 0.29) is 44.5 Å². The molecule has 2 aromatic rings. The van der Waals surface area contributed by atoms with Crippen LogP contribution in [0.15, 0.2) is 64.5 Å². The molecule has 4 aliphatic heterocycles. The van der Waals surface area contributed by atoms with E-state index >= 15 is 0 Å². The number of hydrogen-bond donors (Lipinski definition) is 8. The average molecular weight is 1150 g/mol. The summed E-state index contributed by atoms with van der Waals surface area (Å²) in [5.41, 5.74) is 2.59. The Labute approximate surface area is 492 Å². The number of hydrogen-bond acceptors (Lipinski definition) is 17. The number of nitrogens with one attached hydrogen (secondary N) is 3. The van der Waals surface area contributed by atoms with Crippen molar-refractivity contribution in [1.29, 1.82) is 0 Å². The molecular formula is C65H96N6O12. The number of esters is 1. The van der Waals surface area contributed by atoms with Crippen molar-refractivity contribution in [2.45, 2.75) is 157 Å². The largest absolute Gasteiger partial charge is 0.507 e. The fourth-order valence-corrected chi connectivity index (χ4v) is 13.5. The summed E-state index contributed by atoms with van der Waals surface area (Å²) in [5.74, 6) is -4.17. The fourth-order valence-electron chi connectivity index (χ4n) is 13.5. The van der Waals surface area contributed by atoms with E-state index in [4.69, 9.17) is 18.9 Å². The summed E-state index contributed by atoms with van der Waals surface area (Å²) in [6.07, 6.45) is 19.6. The number of carbonyl (C=O) groups is 3. The topological polar surface area (TPSA) is 244 Å². The zero-order valence-electron chi connectivity index (χ0n) is 51.5. The van der Waals surface area contributed by atoms with E-state index in [2.05, 4.69) is 58.9 Å². The second kappa shape index (κ2) is 28.4. The lowest BCUT2D eigenvalue weighted by Crippen LogP contribution is -2.55. The highest BCUT2D eigenvalue weighted by Gasteiger charge is 2.51. The van der Waals surface area contributed by atoms with Crippen molar-refractivity contribution in [2.24, 2.45) is 52.4 Å². The number of ether oxygens (including phenoxy) is 4. The number of fused-ring (bicyclic) bond motifs is 14. The molecule has 9 atom stereocenters. The molecular weight excluding hydrogens is 1060 g/mol. The van der Waals surface area contributed by atoms with Crippen LogP contribution < -0.4 is 20.7 Å². The molecule has 4 saturated carbocycles. The Morgan fingerprint density at radius 2 is 1.52 bits per heavy atom. The summed E-state index contributed by atoms with van der Waals surface area (Å²) in [6.45, 7) is 25.0. The molecule has 10 rings (SSSR count).